The van der Waals surface area contributed by atoms with Crippen LogP contribution in [0.25, 0.3) is 11.0 Å². The largest absolute Gasteiger partial charge is 0.493 e. The van der Waals surface area contributed by atoms with Crippen LogP contribution in [0.4, 0.5) is 0 Å². The predicted molar refractivity (Wildman–Crippen MR) is 85.6 cm³/mol. The second-order valence-corrected chi connectivity index (χ2v) is 6.59. The number of para-hydroxylation sites is 1. The summed E-state index contributed by atoms with van der Waals surface area (Å²) in [4.78, 5) is 0. The second kappa shape index (κ2) is 6.10. The Balaban J connectivity index is 1.68. The molecule has 2 atom stereocenters. The van der Waals surface area contributed by atoms with E-state index in [4.69, 9.17) is 9.15 Å². The van der Waals surface area contributed by atoms with Crippen LogP contribution in [0.3, 0.4) is 0 Å². The lowest BCUT2D eigenvalue weighted by Gasteiger charge is -2.31. The average molecular weight is 287 g/mol. The normalized spacial score (nSPS) is 26.1. The topological polar surface area (TPSA) is 34.4 Å². The maximum Gasteiger partial charge on any atom is 0.176 e. The molecule has 0 bridgehead atoms. The van der Waals surface area contributed by atoms with Crippen LogP contribution in [-0.4, -0.2) is 13.2 Å². The molecule has 3 rings (SSSR count). The van der Waals surface area contributed by atoms with Gasteiger partial charge in [-0.15, -0.1) is 0 Å². The number of furan rings is 1. The van der Waals surface area contributed by atoms with Gasteiger partial charge in [0.25, 0.3) is 0 Å². The van der Waals surface area contributed by atoms with Crippen molar-refractivity contribution < 1.29 is 9.15 Å². The van der Waals surface area contributed by atoms with Crippen LogP contribution in [0.5, 0.6) is 5.75 Å². The van der Waals surface area contributed by atoms with Gasteiger partial charge < -0.3 is 14.5 Å². The minimum Gasteiger partial charge on any atom is -0.493 e. The molecule has 1 heterocycles. The number of fused-ring (bicyclic) bond motifs is 1. The summed E-state index contributed by atoms with van der Waals surface area (Å²) < 4.78 is 11.3. The quantitative estimate of drug-likeness (QED) is 0.907. The number of nitrogens with one attached hydrogen (secondary N) is 1. The Morgan fingerprint density at radius 1 is 1.19 bits per heavy atom. The second-order valence-electron chi connectivity index (χ2n) is 6.59. The lowest BCUT2D eigenvalue weighted by atomic mass is 9.80. The summed E-state index contributed by atoms with van der Waals surface area (Å²) in [7, 11) is 1.68. The smallest absolute Gasteiger partial charge is 0.176 e. The first kappa shape index (κ1) is 14.5. The number of rotatable bonds is 4. The first-order valence-electron chi connectivity index (χ1n) is 7.94. The maximum atomic E-state index is 5.95. The first-order valence-corrected chi connectivity index (χ1v) is 7.94. The number of benzene rings is 1. The van der Waals surface area contributed by atoms with Gasteiger partial charge in [0.15, 0.2) is 11.3 Å². The minimum absolute atomic E-state index is 0.610. The van der Waals surface area contributed by atoms with Crippen molar-refractivity contribution in [2.45, 2.75) is 45.7 Å². The predicted octanol–water partition coefficient (Wildman–Crippen LogP) is 4.36. The van der Waals surface area contributed by atoms with E-state index < -0.39 is 0 Å². The zero-order valence-corrected chi connectivity index (χ0v) is 13.2. The van der Waals surface area contributed by atoms with Crippen LogP contribution in [0.1, 0.15) is 38.9 Å². The highest BCUT2D eigenvalue weighted by atomic mass is 16.5. The summed E-state index contributed by atoms with van der Waals surface area (Å²) in [6, 6.07) is 8.72. The standard InChI is InChI=1S/C18H25NO2/c1-12-7-13(2)9-15(8-12)19-11-16-10-14-5-4-6-17(20-3)18(14)21-16/h4-6,10,12-13,15,19H,7-9,11H2,1-3H3. The van der Waals surface area contributed by atoms with E-state index in [2.05, 4.69) is 31.3 Å². The summed E-state index contributed by atoms with van der Waals surface area (Å²) >= 11 is 0. The molecule has 0 radical (unpaired) electrons. The van der Waals surface area contributed by atoms with Crippen molar-refractivity contribution in [1.82, 2.24) is 5.32 Å². The third kappa shape index (κ3) is 3.24. The maximum absolute atomic E-state index is 5.95. The van der Waals surface area contributed by atoms with Gasteiger partial charge in [-0.1, -0.05) is 26.0 Å². The van der Waals surface area contributed by atoms with E-state index in [1.165, 1.54) is 19.3 Å². The summed E-state index contributed by atoms with van der Waals surface area (Å²) in [6.07, 6.45) is 3.90. The molecule has 21 heavy (non-hydrogen) atoms. The highest BCUT2D eigenvalue weighted by molar-refractivity contribution is 5.83. The molecular weight excluding hydrogens is 262 g/mol. The molecule has 1 aromatic carbocycles. The average Bonchev–Trinajstić information content (AvgIpc) is 2.87. The SMILES string of the molecule is COc1cccc2cc(CNC3CC(C)CC(C)C3)oc12. The molecule has 3 heteroatoms. The molecule has 2 unspecified atom stereocenters. The molecule has 1 aromatic heterocycles. The first-order chi connectivity index (χ1) is 10.2. The molecular formula is C18H25NO2. The Morgan fingerprint density at radius 3 is 2.67 bits per heavy atom. The lowest BCUT2D eigenvalue weighted by molar-refractivity contribution is 0.235. The van der Waals surface area contributed by atoms with Gasteiger partial charge in [0, 0.05) is 11.4 Å². The summed E-state index contributed by atoms with van der Waals surface area (Å²) in [5, 5.41) is 4.77. The van der Waals surface area contributed by atoms with Crippen LogP contribution in [0, 0.1) is 11.8 Å². The Bertz CT molecular complexity index is 594. The zero-order valence-electron chi connectivity index (χ0n) is 13.2. The van der Waals surface area contributed by atoms with Crippen LogP contribution in [0.15, 0.2) is 28.7 Å². The molecule has 114 valence electrons. The monoisotopic (exact) mass is 287 g/mol. The van der Waals surface area contributed by atoms with E-state index in [1.54, 1.807) is 7.11 Å². The third-order valence-corrected chi connectivity index (χ3v) is 4.52. The molecule has 0 amide bonds. The molecule has 1 saturated carbocycles. The Labute approximate surface area is 126 Å². The van der Waals surface area contributed by atoms with Gasteiger partial charge in [0.2, 0.25) is 0 Å². The van der Waals surface area contributed by atoms with Gasteiger partial charge in [-0.25, -0.2) is 0 Å². The Morgan fingerprint density at radius 2 is 1.95 bits per heavy atom. The van der Waals surface area contributed by atoms with E-state index in [1.807, 2.05) is 12.1 Å². The van der Waals surface area contributed by atoms with Crippen LogP contribution in [-0.2, 0) is 6.54 Å². The molecule has 0 aliphatic heterocycles. The molecule has 2 aromatic rings. The van der Waals surface area contributed by atoms with Gasteiger partial charge in [-0.05, 0) is 43.2 Å². The van der Waals surface area contributed by atoms with Crippen LogP contribution >= 0.6 is 0 Å². The number of methoxy groups -OCH3 is 1. The van der Waals surface area contributed by atoms with Crippen molar-refractivity contribution >= 4 is 11.0 Å². The number of hydrogen-bond donors (Lipinski definition) is 1. The molecule has 1 N–H and O–H groups in total. The molecule has 1 aliphatic carbocycles. The van der Waals surface area contributed by atoms with Crippen molar-refractivity contribution in [1.29, 1.82) is 0 Å². The van der Waals surface area contributed by atoms with E-state index in [-0.39, 0.29) is 0 Å². The van der Waals surface area contributed by atoms with E-state index in [9.17, 15) is 0 Å². The molecule has 0 saturated heterocycles. The van der Waals surface area contributed by atoms with Gasteiger partial charge >= 0.3 is 0 Å². The summed E-state index contributed by atoms with van der Waals surface area (Å²) in [5.41, 5.74) is 0.849. The number of hydrogen-bond acceptors (Lipinski definition) is 3. The fourth-order valence-electron chi connectivity index (χ4n) is 3.70. The van der Waals surface area contributed by atoms with Crippen molar-refractivity contribution in [3.8, 4) is 5.75 Å². The van der Waals surface area contributed by atoms with Crippen molar-refractivity contribution in [2.75, 3.05) is 7.11 Å². The van der Waals surface area contributed by atoms with Gasteiger partial charge in [0.1, 0.15) is 5.76 Å². The van der Waals surface area contributed by atoms with Gasteiger partial charge in [-0.2, -0.15) is 0 Å². The molecule has 1 fully saturated rings. The van der Waals surface area contributed by atoms with Crippen LogP contribution < -0.4 is 10.1 Å². The van der Waals surface area contributed by atoms with Gasteiger partial charge in [0.05, 0.1) is 13.7 Å². The molecule has 1 aliphatic rings. The number of ether oxygens (including phenoxy) is 1. The van der Waals surface area contributed by atoms with E-state index in [0.717, 1.165) is 40.9 Å². The summed E-state index contributed by atoms with van der Waals surface area (Å²) in [5.74, 6) is 3.43. The fraction of sp³-hybridized carbons (Fsp3) is 0.556. The van der Waals surface area contributed by atoms with Crippen molar-refractivity contribution in [2.24, 2.45) is 11.8 Å². The van der Waals surface area contributed by atoms with E-state index in [0.29, 0.717) is 6.04 Å². The zero-order chi connectivity index (χ0) is 14.8. The van der Waals surface area contributed by atoms with Crippen molar-refractivity contribution in [3.05, 3.63) is 30.0 Å². The minimum atomic E-state index is 0.610. The Kier molecular flexibility index (Phi) is 4.20. The van der Waals surface area contributed by atoms with Gasteiger partial charge in [-0.3, -0.25) is 0 Å². The third-order valence-electron chi connectivity index (χ3n) is 4.52. The van der Waals surface area contributed by atoms with E-state index >= 15 is 0 Å². The van der Waals surface area contributed by atoms with Crippen LogP contribution in [0.2, 0.25) is 0 Å². The highest BCUT2D eigenvalue weighted by Crippen LogP contribution is 2.30. The lowest BCUT2D eigenvalue weighted by Crippen LogP contribution is -2.35. The highest BCUT2D eigenvalue weighted by Gasteiger charge is 2.23. The molecule has 3 nitrogen and oxygen atoms in total. The summed E-state index contributed by atoms with van der Waals surface area (Å²) in [6.45, 7) is 5.51. The van der Waals surface area contributed by atoms with Crippen molar-refractivity contribution in [3.63, 3.8) is 0 Å². The molecule has 0 spiro atoms. The fourth-order valence-corrected chi connectivity index (χ4v) is 3.70. The Hall–Kier alpha value is -1.48.